The average molecular weight is 198 g/mol. The van der Waals surface area contributed by atoms with Crippen LogP contribution in [0.1, 0.15) is 52.4 Å². The molecule has 0 aromatic rings. The van der Waals surface area contributed by atoms with Gasteiger partial charge in [-0.2, -0.15) is 0 Å². The van der Waals surface area contributed by atoms with E-state index in [0.29, 0.717) is 24.2 Å². The first-order valence-electron chi connectivity index (χ1n) is 5.82. The summed E-state index contributed by atoms with van der Waals surface area (Å²) in [5.41, 5.74) is 0. The summed E-state index contributed by atoms with van der Waals surface area (Å²) in [6.45, 7) is 5.08. The molecule has 2 nitrogen and oxygen atoms in total. The molecule has 0 saturated carbocycles. The largest absolute Gasteiger partial charge is 0.378 e. The van der Waals surface area contributed by atoms with Crippen molar-refractivity contribution in [1.29, 1.82) is 0 Å². The minimum atomic E-state index is 0.361. The highest BCUT2D eigenvalue weighted by molar-refractivity contribution is 5.78. The second-order valence-electron chi connectivity index (χ2n) is 4.66. The summed E-state index contributed by atoms with van der Waals surface area (Å²) in [5, 5.41) is 0. The number of carbonyl (C=O) groups excluding carboxylic acids is 1. The zero-order valence-electron chi connectivity index (χ0n) is 9.42. The Morgan fingerprint density at radius 3 is 2.79 bits per heavy atom. The Kier molecular flexibility index (Phi) is 5.16. The van der Waals surface area contributed by atoms with Gasteiger partial charge in [0.25, 0.3) is 0 Å². The Bertz CT molecular complexity index is 169. The summed E-state index contributed by atoms with van der Waals surface area (Å²) in [7, 11) is 0. The molecule has 0 radical (unpaired) electrons. The van der Waals surface area contributed by atoms with E-state index in [0.717, 1.165) is 25.9 Å². The lowest BCUT2D eigenvalue weighted by atomic mass is 9.99. The van der Waals surface area contributed by atoms with Crippen molar-refractivity contribution >= 4 is 5.78 Å². The Morgan fingerprint density at radius 1 is 1.43 bits per heavy atom. The van der Waals surface area contributed by atoms with E-state index in [4.69, 9.17) is 4.74 Å². The van der Waals surface area contributed by atoms with Crippen LogP contribution in [0.5, 0.6) is 0 Å². The quantitative estimate of drug-likeness (QED) is 0.679. The van der Waals surface area contributed by atoms with Crippen molar-refractivity contribution in [2.24, 2.45) is 5.92 Å². The Morgan fingerprint density at radius 2 is 2.21 bits per heavy atom. The van der Waals surface area contributed by atoms with Crippen LogP contribution in [0.4, 0.5) is 0 Å². The van der Waals surface area contributed by atoms with E-state index in [1.54, 1.807) is 0 Å². The molecule has 1 aliphatic heterocycles. The van der Waals surface area contributed by atoms with Crippen LogP contribution in [0.2, 0.25) is 0 Å². The van der Waals surface area contributed by atoms with E-state index >= 15 is 0 Å². The molecule has 0 aliphatic carbocycles. The van der Waals surface area contributed by atoms with Gasteiger partial charge < -0.3 is 4.74 Å². The van der Waals surface area contributed by atoms with E-state index in [2.05, 4.69) is 13.8 Å². The molecule has 0 aromatic heterocycles. The van der Waals surface area contributed by atoms with Gasteiger partial charge >= 0.3 is 0 Å². The van der Waals surface area contributed by atoms with Gasteiger partial charge in [-0.3, -0.25) is 4.79 Å². The van der Waals surface area contributed by atoms with Crippen molar-refractivity contribution in [3.05, 3.63) is 0 Å². The fourth-order valence-corrected chi connectivity index (χ4v) is 1.91. The molecule has 14 heavy (non-hydrogen) atoms. The van der Waals surface area contributed by atoms with Crippen molar-refractivity contribution in [1.82, 2.24) is 0 Å². The average Bonchev–Trinajstić information content (AvgIpc) is 2.15. The van der Waals surface area contributed by atoms with E-state index in [1.807, 2.05) is 0 Å². The summed E-state index contributed by atoms with van der Waals surface area (Å²) >= 11 is 0. The fraction of sp³-hybridized carbons (Fsp3) is 0.917. The second-order valence-corrected chi connectivity index (χ2v) is 4.66. The Balaban J connectivity index is 2.09. The maximum Gasteiger partial charge on any atom is 0.133 e. The van der Waals surface area contributed by atoms with E-state index in [1.165, 1.54) is 12.8 Å². The third-order valence-electron chi connectivity index (χ3n) is 2.66. The molecule has 1 fully saturated rings. The number of hydrogen-bond donors (Lipinski definition) is 0. The van der Waals surface area contributed by atoms with Gasteiger partial charge in [-0.1, -0.05) is 13.8 Å². The molecule has 1 rings (SSSR count). The number of rotatable bonds is 5. The molecule has 1 unspecified atom stereocenters. The van der Waals surface area contributed by atoms with Crippen LogP contribution in [0.25, 0.3) is 0 Å². The zero-order chi connectivity index (χ0) is 10.4. The highest BCUT2D eigenvalue weighted by Gasteiger charge is 2.15. The SMILES string of the molecule is CC(C)CC(=O)CCC1CCCCO1. The molecule has 1 heterocycles. The number of carbonyl (C=O) groups is 1. The van der Waals surface area contributed by atoms with Gasteiger partial charge in [-0.25, -0.2) is 0 Å². The zero-order valence-corrected chi connectivity index (χ0v) is 9.42. The summed E-state index contributed by atoms with van der Waals surface area (Å²) in [5.74, 6) is 0.893. The first kappa shape index (κ1) is 11.7. The summed E-state index contributed by atoms with van der Waals surface area (Å²) in [6.07, 6.45) is 6.34. The molecule has 0 spiro atoms. The third-order valence-corrected chi connectivity index (χ3v) is 2.66. The molecule has 0 N–H and O–H groups in total. The van der Waals surface area contributed by atoms with Crippen LogP contribution < -0.4 is 0 Å². The first-order valence-corrected chi connectivity index (χ1v) is 5.82. The van der Waals surface area contributed by atoms with Crippen molar-refractivity contribution in [3.63, 3.8) is 0 Å². The van der Waals surface area contributed by atoms with Gasteiger partial charge in [0, 0.05) is 19.4 Å². The molecule has 0 amide bonds. The summed E-state index contributed by atoms with van der Waals surface area (Å²) in [6, 6.07) is 0. The topological polar surface area (TPSA) is 26.3 Å². The van der Waals surface area contributed by atoms with Crippen molar-refractivity contribution in [2.45, 2.75) is 58.5 Å². The van der Waals surface area contributed by atoms with Crippen LogP contribution in [0.15, 0.2) is 0 Å². The molecule has 0 aromatic carbocycles. The predicted molar refractivity (Wildman–Crippen MR) is 57.3 cm³/mol. The lowest BCUT2D eigenvalue weighted by Crippen LogP contribution is -2.20. The molecule has 1 atom stereocenters. The summed E-state index contributed by atoms with van der Waals surface area (Å²) in [4.78, 5) is 11.4. The Labute approximate surface area is 87.0 Å². The molecule has 2 heteroatoms. The second kappa shape index (κ2) is 6.18. The molecular formula is C12H22O2. The van der Waals surface area contributed by atoms with Gasteiger partial charge in [0.1, 0.15) is 5.78 Å². The van der Waals surface area contributed by atoms with Gasteiger partial charge in [-0.05, 0) is 31.6 Å². The molecule has 1 aliphatic rings. The van der Waals surface area contributed by atoms with Crippen LogP contribution in [-0.4, -0.2) is 18.5 Å². The monoisotopic (exact) mass is 198 g/mol. The summed E-state index contributed by atoms with van der Waals surface area (Å²) < 4.78 is 5.58. The van der Waals surface area contributed by atoms with E-state index < -0.39 is 0 Å². The Hall–Kier alpha value is -0.370. The lowest BCUT2D eigenvalue weighted by Gasteiger charge is -2.22. The normalized spacial score (nSPS) is 22.6. The van der Waals surface area contributed by atoms with E-state index in [-0.39, 0.29) is 0 Å². The highest BCUT2D eigenvalue weighted by atomic mass is 16.5. The van der Waals surface area contributed by atoms with Crippen molar-refractivity contribution in [3.8, 4) is 0 Å². The van der Waals surface area contributed by atoms with Crippen LogP contribution >= 0.6 is 0 Å². The highest BCUT2D eigenvalue weighted by Crippen LogP contribution is 2.17. The minimum absolute atomic E-state index is 0.361. The maximum atomic E-state index is 11.4. The number of ketones is 1. The number of Topliss-reactive ketones (excluding diaryl/α,β-unsaturated/α-hetero) is 1. The standard InChI is InChI=1S/C12H22O2/c1-10(2)9-11(13)6-7-12-5-3-4-8-14-12/h10,12H,3-9H2,1-2H3. The van der Waals surface area contributed by atoms with Gasteiger partial charge in [0.05, 0.1) is 6.10 Å². The van der Waals surface area contributed by atoms with Crippen LogP contribution in [0.3, 0.4) is 0 Å². The van der Waals surface area contributed by atoms with Crippen molar-refractivity contribution in [2.75, 3.05) is 6.61 Å². The first-order chi connectivity index (χ1) is 6.68. The smallest absolute Gasteiger partial charge is 0.133 e. The fourth-order valence-electron chi connectivity index (χ4n) is 1.91. The predicted octanol–water partition coefficient (Wildman–Crippen LogP) is 2.95. The molecular weight excluding hydrogens is 176 g/mol. The van der Waals surface area contributed by atoms with Gasteiger partial charge in [0.15, 0.2) is 0 Å². The molecule has 82 valence electrons. The van der Waals surface area contributed by atoms with Gasteiger partial charge in [-0.15, -0.1) is 0 Å². The minimum Gasteiger partial charge on any atom is -0.378 e. The van der Waals surface area contributed by atoms with Crippen molar-refractivity contribution < 1.29 is 9.53 Å². The van der Waals surface area contributed by atoms with E-state index in [9.17, 15) is 4.79 Å². The van der Waals surface area contributed by atoms with Crippen LogP contribution in [0, 0.1) is 5.92 Å². The van der Waals surface area contributed by atoms with Gasteiger partial charge in [0.2, 0.25) is 0 Å². The lowest BCUT2D eigenvalue weighted by molar-refractivity contribution is -0.120. The third kappa shape index (κ3) is 4.75. The number of hydrogen-bond acceptors (Lipinski definition) is 2. The molecule has 0 bridgehead atoms. The molecule has 1 saturated heterocycles. The van der Waals surface area contributed by atoms with Crippen LogP contribution in [-0.2, 0) is 9.53 Å². The number of ether oxygens (including phenoxy) is 1. The maximum absolute atomic E-state index is 11.4.